The third-order valence-corrected chi connectivity index (χ3v) is 2.23. The summed E-state index contributed by atoms with van der Waals surface area (Å²) in [6.07, 6.45) is 1.47. The summed E-state index contributed by atoms with van der Waals surface area (Å²) >= 11 is 11.5. The van der Waals surface area contributed by atoms with Gasteiger partial charge in [0.25, 0.3) is 0 Å². The van der Waals surface area contributed by atoms with Crippen molar-refractivity contribution in [3.8, 4) is 5.75 Å². The molecule has 1 rings (SSSR count). The van der Waals surface area contributed by atoms with Crippen molar-refractivity contribution in [1.82, 2.24) is 0 Å². The van der Waals surface area contributed by atoms with Gasteiger partial charge in [-0.05, 0) is 18.6 Å². The monoisotopic (exact) mass is 244 g/mol. The zero-order valence-corrected chi connectivity index (χ0v) is 9.60. The molecule has 5 heteroatoms. The van der Waals surface area contributed by atoms with Crippen LogP contribution in [0.3, 0.4) is 0 Å². The van der Waals surface area contributed by atoms with Gasteiger partial charge in [-0.15, -0.1) is 0 Å². The second-order valence-corrected chi connectivity index (χ2v) is 3.87. The first-order chi connectivity index (χ1) is 6.93. The fraction of sp³-hybridized carbons (Fsp3) is 0.100. The molecule has 0 aliphatic rings. The van der Waals surface area contributed by atoms with E-state index >= 15 is 0 Å². The van der Waals surface area contributed by atoms with Crippen LogP contribution in [0.25, 0.3) is 0 Å². The normalized spacial score (nSPS) is 10.9. The van der Waals surface area contributed by atoms with Crippen LogP contribution in [0.4, 0.5) is 11.4 Å². The fourth-order valence-corrected chi connectivity index (χ4v) is 1.37. The predicted octanol–water partition coefficient (Wildman–Crippen LogP) is 3.56. The van der Waals surface area contributed by atoms with Crippen molar-refractivity contribution in [2.45, 2.75) is 6.92 Å². The van der Waals surface area contributed by atoms with Crippen LogP contribution in [0.5, 0.6) is 5.75 Å². The minimum absolute atomic E-state index is 0.114. The van der Waals surface area contributed by atoms with Crippen LogP contribution in [-0.4, -0.2) is 11.3 Å². The van der Waals surface area contributed by atoms with Crippen molar-refractivity contribution in [2.75, 3.05) is 5.73 Å². The van der Waals surface area contributed by atoms with Gasteiger partial charge in [0.15, 0.2) is 5.75 Å². The van der Waals surface area contributed by atoms with E-state index in [4.69, 9.17) is 28.9 Å². The maximum atomic E-state index is 9.60. The third kappa shape index (κ3) is 2.64. The lowest BCUT2D eigenvalue weighted by molar-refractivity contribution is 0.477. The standard InChI is InChI=1S/C10H10Cl2N2O/c1-5(2)4-14-9-8(13)6(11)3-7(12)10(9)15/h3-4,15H,1,13H2,2H3/b14-4-. The number of hydrogen-bond acceptors (Lipinski definition) is 3. The summed E-state index contributed by atoms with van der Waals surface area (Å²) in [5, 5.41) is 9.97. The molecule has 0 aliphatic carbocycles. The Hall–Kier alpha value is -1.19. The van der Waals surface area contributed by atoms with Crippen LogP contribution in [0, 0.1) is 0 Å². The van der Waals surface area contributed by atoms with Crippen LogP contribution >= 0.6 is 23.2 Å². The van der Waals surface area contributed by atoms with Gasteiger partial charge in [-0.1, -0.05) is 29.8 Å². The molecule has 80 valence electrons. The lowest BCUT2D eigenvalue weighted by Crippen LogP contribution is -1.89. The number of halogens is 2. The molecule has 0 atom stereocenters. The first kappa shape index (κ1) is 11.9. The number of hydrogen-bond donors (Lipinski definition) is 2. The Morgan fingerprint density at radius 3 is 2.67 bits per heavy atom. The summed E-state index contributed by atoms with van der Waals surface area (Å²) < 4.78 is 0. The Bertz CT molecular complexity index is 415. The lowest BCUT2D eigenvalue weighted by Gasteiger charge is -2.06. The predicted molar refractivity (Wildman–Crippen MR) is 65.5 cm³/mol. The lowest BCUT2D eigenvalue weighted by atomic mass is 10.2. The number of nitrogens with zero attached hydrogens (tertiary/aromatic N) is 1. The zero-order valence-electron chi connectivity index (χ0n) is 8.09. The van der Waals surface area contributed by atoms with Crippen molar-refractivity contribution in [1.29, 1.82) is 0 Å². The van der Waals surface area contributed by atoms with Crippen molar-refractivity contribution < 1.29 is 5.11 Å². The van der Waals surface area contributed by atoms with Gasteiger partial charge in [-0.25, -0.2) is 0 Å². The molecule has 0 unspecified atom stereocenters. The highest BCUT2D eigenvalue weighted by Gasteiger charge is 2.12. The van der Waals surface area contributed by atoms with Crippen molar-refractivity contribution in [3.05, 3.63) is 28.3 Å². The van der Waals surface area contributed by atoms with E-state index in [0.29, 0.717) is 0 Å². The Morgan fingerprint density at radius 2 is 2.13 bits per heavy atom. The summed E-state index contributed by atoms with van der Waals surface area (Å²) in [6, 6.07) is 1.37. The van der Waals surface area contributed by atoms with Gasteiger partial charge in [0, 0.05) is 6.21 Å². The summed E-state index contributed by atoms with van der Waals surface area (Å²) in [4.78, 5) is 3.96. The van der Waals surface area contributed by atoms with Crippen LogP contribution in [0.15, 0.2) is 23.2 Å². The summed E-state index contributed by atoms with van der Waals surface area (Å²) in [5.41, 5.74) is 6.72. The van der Waals surface area contributed by atoms with E-state index in [0.717, 1.165) is 5.57 Å². The van der Waals surface area contributed by atoms with Crippen LogP contribution in [0.2, 0.25) is 10.0 Å². The minimum atomic E-state index is -0.184. The largest absolute Gasteiger partial charge is 0.504 e. The van der Waals surface area contributed by atoms with Gasteiger partial charge in [0.2, 0.25) is 0 Å². The maximum Gasteiger partial charge on any atom is 0.162 e. The average molecular weight is 245 g/mol. The molecule has 1 aromatic carbocycles. The molecule has 0 heterocycles. The second-order valence-electron chi connectivity index (χ2n) is 3.06. The Labute approximate surface area is 97.8 Å². The number of rotatable bonds is 2. The highest BCUT2D eigenvalue weighted by Crippen LogP contribution is 2.43. The van der Waals surface area contributed by atoms with Crippen LogP contribution in [0.1, 0.15) is 6.92 Å². The zero-order chi connectivity index (χ0) is 11.6. The first-order valence-electron chi connectivity index (χ1n) is 4.09. The number of aromatic hydroxyl groups is 1. The Balaban J connectivity index is 3.33. The number of nitrogen functional groups attached to an aromatic ring is 1. The summed E-state index contributed by atoms with van der Waals surface area (Å²) in [5.74, 6) is -0.184. The molecular weight excluding hydrogens is 235 g/mol. The van der Waals surface area contributed by atoms with Gasteiger partial charge in [-0.2, -0.15) is 0 Å². The molecule has 0 amide bonds. The van der Waals surface area contributed by atoms with E-state index < -0.39 is 0 Å². The molecule has 0 aliphatic heterocycles. The number of anilines is 1. The number of benzene rings is 1. The second kappa shape index (κ2) is 4.55. The van der Waals surface area contributed by atoms with E-state index in [1.165, 1.54) is 12.3 Å². The maximum absolute atomic E-state index is 9.60. The minimum Gasteiger partial charge on any atom is -0.504 e. The molecule has 0 aromatic heterocycles. The molecule has 0 spiro atoms. The van der Waals surface area contributed by atoms with Gasteiger partial charge in [0.05, 0.1) is 15.7 Å². The van der Waals surface area contributed by atoms with E-state index in [9.17, 15) is 5.11 Å². The van der Waals surface area contributed by atoms with Gasteiger partial charge >= 0.3 is 0 Å². The van der Waals surface area contributed by atoms with Crippen molar-refractivity contribution in [3.63, 3.8) is 0 Å². The molecule has 1 aromatic rings. The molecule has 15 heavy (non-hydrogen) atoms. The molecule has 0 bridgehead atoms. The van der Waals surface area contributed by atoms with Gasteiger partial charge in [0.1, 0.15) is 5.69 Å². The molecule has 0 saturated heterocycles. The smallest absolute Gasteiger partial charge is 0.162 e. The summed E-state index contributed by atoms with van der Waals surface area (Å²) in [6.45, 7) is 5.40. The van der Waals surface area contributed by atoms with E-state index in [2.05, 4.69) is 11.6 Å². The molecular formula is C10H10Cl2N2O. The van der Waals surface area contributed by atoms with Gasteiger partial charge in [-0.3, -0.25) is 4.99 Å². The topological polar surface area (TPSA) is 58.6 Å². The van der Waals surface area contributed by atoms with E-state index in [1.54, 1.807) is 6.92 Å². The van der Waals surface area contributed by atoms with Crippen molar-refractivity contribution in [2.24, 2.45) is 4.99 Å². The fourth-order valence-electron chi connectivity index (χ4n) is 0.917. The third-order valence-electron chi connectivity index (χ3n) is 1.63. The highest BCUT2D eigenvalue weighted by atomic mass is 35.5. The first-order valence-corrected chi connectivity index (χ1v) is 4.85. The number of allylic oxidation sites excluding steroid dienone is 1. The van der Waals surface area contributed by atoms with E-state index in [-0.39, 0.29) is 27.2 Å². The Kier molecular flexibility index (Phi) is 3.61. The number of nitrogens with two attached hydrogens (primary N) is 1. The number of phenols is 1. The highest BCUT2D eigenvalue weighted by molar-refractivity contribution is 6.38. The molecule has 3 nitrogen and oxygen atoms in total. The van der Waals surface area contributed by atoms with Crippen LogP contribution < -0.4 is 5.73 Å². The molecule has 3 N–H and O–H groups in total. The summed E-state index contributed by atoms with van der Waals surface area (Å²) in [7, 11) is 0. The Morgan fingerprint density at radius 1 is 1.53 bits per heavy atom. The van der Waals surface area contributed by atoms with Crippen molar-refractivity contribution >= 4 is 40.8 Å². The van der Waals surface area contributed by atoms with Gasteiger partial charge < -0.3 is 10.8 Å². The average Bonchev–Trinajstić information content (AvgIpc) is 2.14. The molecule has 0 saturated carbocycles. The quantitative estimate of drug-likeness (QED) is 0.618. The SMILES string of the molecule is C=C(C)/C=N\c1c(N)c(Cl)cc(Cl)c1O. The van der Waals surface area contributed by atoms with E-state index in [1.807, 2.05) is 0 Å². The molecule has 0 radical (unpaired) electrons. The van der Waals surface area contributed by atoms with Crippen LogP contribution in [-0.2, 0) is 0 Å². The number of aliphatic imine (C=N–C) groups is 1. The molecule has 0 fully saturated rings. The number of phenolic OH excluding ortho intramolecular Hbond substituents is 1.